The first-order valence-electron chi connectivity index (χ1n) is 7.79. The maximum atomic E-state index is 10.2. The van der Waals surface area contributed by atoms with Gasteiger partial charge in [0, 0.05) is 19.2 Å². The highest BCUT2D eigenvalue weighted by atomic mass is 16.5. The van der Waals surface area contributed by atoms with Crippen LogP contribution in [-0.4, -0.2) is 29.9 Å². The Morgan fingerprint density at radius 1 is 1.30 bits per heavy atom. The number of rotatable bonds is 6. The Morgan fingerprint density at radius 3 is 2.65 bits per heavy atom. The second kappa shape index (κ2) is 7.21. The Morgan fingerprint density at radius 2 is 2.00 bits per heavy atom. The zero-order valence-corrected chi connectivity index (χ0v) is 12.6. The summed E-state index contributed by atoms with van der Waals surface area (Å²) in [5.41, 5.74) is 1.01. The Labute approximate surface area is 122 Å². The minimum atomic E-state index is -0.434. The van der Waals surface area contributed by atoms with Crippen molar-refractivity contribution < 1.29 is 9.84 Å². The lowest BCUT2D eigenvalue weighted by Gasteiger charge is -2.40. The third-order valence-corrected chi connectivity index (χ3v) is 4.57. The molecule has 2 N–H and O–H groups in total. The van der Waals surface area contributed by atoms with Crippen LogP contribution in [0.15, 0.2) is 30.3 Å². The molecule has 0 bridgehead atoms. The molecule has 0 saturated carbocycles. The summed E-state index contributed by atoms with van der Waals surface area (Å²) < 4.78 is 5.98. The number of hydrogen-bond acceptors (Lipinski definition) is 3. The van der Waals surface area contributed by atoms with Gasteiger partial charge in [-0.1, -0.05) is 44.2 Å². The minimum absolute atomic E-state index is 0.0353. The first-order chi connectivity index (χ1) is 9.69. The summed E-state index contributed by atoms with van der Waals surface area (Å²) in [5, 5.41) is 13.7. The largest absolute Gasteiger partial charge is 0.387 e. The van der Waals surface area contributed by atoms with E-state index in [2.05, 4.69) is 19.2 Å². The van der Waals surface area contributed by atoms with Gasteiger partial charge in [0.1, 0.15) is 0 Å². The molecular weight excluding hydrogens is 250 g/mol. The summed E-state index contributed by atoms with van der Waals surface area (Å²) in [5.74, 6) is 0. The number of benzene rings is 1. The fourth-order valence-corrected chi connectivity index (χ4v) is 3.02. The van der Waals surface area contributed by atoms with Crippen molar-refractivity contribution in [2.75, 3.05) is 13.2 Å². The first kappa shape index (κ1) is 15.5. The average Bonchev–Trinajstić information content (AvgIpc) is 2.53. The fraction of sp³-hybridized carbons (Fsp3) is 0.647. The van der Waals surface area contributed by atoms with Gasteiger partial charge in [0.2, 0.25) is 0 Å². The summed E-state index contributed by atoms with van der Waals surface area (Å²) in [6, 6.07) is 10.3. The van der Waals surface area contributed by atoms with Crippen LogP contribution >= 0.6 is 0 Å². The topological polar surface area (TPSA) is 41.5 Å². The Bertz CT molecular complexity index is 389. The molecule has 3 heteroatoms. The molecule has 1 aliphatic heterocycles. The molecule has 0 amide bonds. The van der Waals surface area contributed by atoms with Gasteiger partial charge < -0.3 is 15.2 Å². The Hall–Kier alpha value is -0.900. The van der Waals surface area contributed by atoms with E-state index in [0.29, 0.717) is 12.6 Å². The zero-order chi connectivity index (χ0) is 14.4. The summed E-state index contributed by atoms with van der Waals surface area (Å²) in [6.07, 6.45) is 3.76. The van der Waals surface area contributed by atoms with Gasteiger partial charge in [-0.25, -0.2) is 0 Å². The molecule has 1 aliphatic rings. The van der Waals surface area contributed by atoms with Crippen LogP contribution in [0.1, 0.15) is 51.2 Å². The summed E-state index contributed by atoms with van der Waals surface area (Å²) >= 11 is 0. The van der Waals surface area contributed by atoms with Crippen molar-refractivity contribution in [1.82, 2.24) is 5.32 Å². The van der Waals surface area contributed by atoms with E-state index >= 15 is 0 Å². The van der Waals surface area contributed by atoms with Crippen LogP contribution in [0.25, 0.3) is 0 Å². The standard InChI is InChI=1S/C17H27NO2/c1-3-17(4-2)12-15(10-11-20-17)18-13-16(19)14-8-6-5-7-9-14/h5-9,15-16,18-19H,3-4,10-13H2,1-2H3. The molecule has 1 aromatic rings. The average molecular weight is 277 g/mol. The quantitative estimate of drug-likeness (QED) is 0.839. The van der Waals surface area contributed by atoms with Crippen LogP contribution in [0.4, 0.5) is 0 Å². The summed E-state index contributed by atoms with van der Waals surface area (Å²) in [7, 11) is 0. The molecule has 2 atom stereocenters. The highest BCUT2D eigenvalue weighted by Gasteiger charge is 2.34. The van der Waals surface area contributed by atoms with E-state index < -0.39 is 6.10 Å². The molecule has 0 spiro atoms. The molecule has 1 fully saturated rings. The van der Waals surface area contributed by atoms with Crippen molar-refractivity contribution in [3.63, 3.8) is 0 Å². The number of aliphatic hydroxyl groups excluding tert-OH is 1. The third kappa shape index (κ3) is 3.81. The van der Waals surface area contributed by atoms with E-state index in [-0.39, 0.29) is 5.60 Å². The smallest absolute Gasteiger partial charge is 0.0914 e. The molecule has 1 saturated heterocycles. The van der Waals surface area contributed by atoms with Crippen molar-refractivity contribution in [2.45, 2.75) is 57.3 Å². The maximum absolute atomic E-state index is 10.2. The highest BCUT2D eigenvalue weighted by molar-refractivity contribution is 5.17. The lowest BCUT2D eigenvalue weighted by Crippen LogP contribution is -2.47. The van der Waals surface area contributed by atoms with Gasteiger partial charge in [-0.15, -0.1) is 0 Å². The normalized spacial score (nSPS) is 23.4. The van der Waals surface area contributed by atoms with Gasteiger partial charge in [-0.05, 0) is 31.2 Å². The number of aliphatic hydroxyl groups is 1. The lowest BCUT2D eigenvalue weighted by molar-refractivity contribution is -0.0937. The first-order valence-corrected chi connectivity index (χ1v) is 7.79. The van der Waals surface area contributed by atoms with Crippen LogP contribution in [0.3, 0.4) is 0 Å². The van der Waals surface area contributed by atoms with Gasteiger partial charge in [0.15, 0.2) is 0 Å². The van der Waals surface area contributed by atoms with Crippen molar-refractivity contribution in [3.8, 4) is 0 Å². The molecular formula is C17H27NO2. The number of nitrogens with one attached hydrogen (secondary N) is 1. The van der Waals surface area contributed by atoms with E-state index in [1.54, 1.807) is 0 Å². The molecule has 1 heterocycles. The van der Waals surface area contributed by atoms with Gasteiger partial charge in [-0.3, -0.25) is 0 Å². The van der Waals surface area contributed by atoms with E-state index in [1.807, 2.05) is 30.3 Å². The van der Waals surface area contributed by atoms with Crippen LogP contribution in [0.2, 0.25) is 0 Å². The summed E-state index contributed by atoms with van der Waals surface area (Å²) in [6.45, 7) is 5.83. The highest BCUT2D eigenvalue weighted by Crippen LogP contribution is 2.31. The monoisotopic (exact) mass is 277 g/mol. The lowest BCUT2D eigenvalue weighted by atomic mass is 9.86. The van der Waals surface area contributed by atoms with Gasteiger partial charge >= 0.3 is 0 Å². The van der Waals surface area contributed by atoms with E-state index in [9.17, 15) is 5.11 Å². The maximum Gasteiger partial charge on any atom is 0.0914 e. The van der Waals surface area contributed by atoms with Crippen molar-refractivity contribution in [3.05, 3.63) is 35.9 Å². The van der Waals surface area contributed by atoms with Crippen LogP contribution in [0.5, 0.6) is 0 Å². The predicted molar refractivity (Wildman–Crippen MR) is 81.7 cm³/mol. The molecule has 0 aliphatic carbocycles. The molecule has 112 valence electrons. The predicted octanol–water partition coefficient (Wildman–Crippen LogP) is 3.05. The van der Waals surface area contributed by atoms with E-state index in [1.165, 1.54) is 0 Å². The molecule has 1 aromatic carbocycles. The molecule has 0 radical (unpaired) electrons. The van der Waals surface area contributed by atoms with Gasteiger partial charge in [0.25, 0.3) is 0 Å². The van der Waals surface area contributed by atoms with Gasteiger partial charge in [-0.2, -0.15) is 0 Å². The van der Waals surface area contributed by atoms with Crippen LogP contribution in [-0.2, 0) is 4.74 Å². The van der Waals surface area contributed by atoms with Crippen molar-refractivity contribution >= 4 is 0 Å². The zero-order valence-electron chi connectivity index (χ0n) is 12.6. The van der Waals surface area contributed by atoms with Crippen molar-refractivity contribution in [1.29, 1.82) is 0 Å². The Balaban J connectivity index is 1.85. The van der Waals surface area contributed by atoms with Crippen LogP contribution < -0.4 is 5.32 Å². The van der Waals surface area contributed by atoms with Crippen LogP contribution in [0, 0.1) is 0 Å². The fourth-order valence-electron chi connectivity index (χ4n) is 3.02. The number of hydrogen-bond donors (Lipinski definition) is 2. The molecule has 2 unspecified atom stereocenters. The molecule has 2 rings (SSSR count). The van der Waals surface area contributed by atoms with Gasteiger partial charge in [0.05, 0.1) is 11.7 Å². The summed E-state index contributed by atoms with van der Waals surface area (Å²) in [4.78, 5) is 0. The third-order valence-electron chi connectivity index (χ3n) is 4.57. The van der Waals surface area contributed by atoms with E-state index in [4.69, 9.17) is 4.74 Å². The molecule has 20 heavy (non-hydrogen) atoms. The second-order valence-corrected chi connectivity index (χ2v) is 5.76. The number of ether oxygens (including phenoxy) is 1. The molecule has 3 nitrogen and oxygen atoms in total. The molecule has 0 aromatic heterocycles. The van der Waals surface area contributed by atoms with Crippen molar-refractivity contribution in [2.24, 2.45) is 0 Å². The minimum Gasteiger partial charge on any atom is -0.387 e. The SMILES string of the molecule is CCC1(CC)CC(NCC(O)c2ccccc2)CCO1. The van der Waals surface area contributed by atoms with E-state index in [0.717, 1.165) is 37.9 Å². The second-order valence-electron chi connectivity index (χ2n) is 5.76. The Kier molecular flexibility index (Phi) is 5.58.